The fourth-order valence-electron chi connectivity index (χ4n) is 2.80. The maximum atomic E-state index is 12.9. The molecule has 1 atom stereocenters. The fraction of sp³-hybridized carbons (Fsp3) is 0.105. The van der Waals surface area contributed by atoms with Crippen LogP contribution in [0.3, 0.4) is 0 Å². The molecule has 0 bridgehead atoms. The predicted octanol–water partition coefficient (Wildman–Crippen LogP) is 2.75. The average Bonchev–Trinajstić information content (AvgIpc) is 2.63. The van der Waals surface area contributed by atoms with Crippen molar-refractivity contribution in [1.29, 1.82) is 0 Å². The van der Waals surface area contributed by atoms with Crippen molar-refractivity contribution in [2.24, 2.45) is 0 Å². The van der Waals surface area contributed by atoms with Crippen LogP contribution in [0.1, 0.15) is 33.2 Å². The van der Waals surface area contributed by atoms with E-state index in [0.717, 1.165) is 6.92 Å². The zero-order valence-electron chi connectivity index (χ0n) is 13.3. The van der Waals surface area contributed by atoms with E-state index in [1.165, 1.54) is 12.1 Å². The van der Waals surface area contributed by atoms with Crippen molar-refractivity contribution in [1.82, 2.24) is 0 Å². The van der Waals surface area contributed by atoms with Crippen LogP contribution in [0.4, 0.5) is 0 Å². The molecule has 0 aliphatic heterocycles. The van der Waals surface area contributed by atoms with Gasteiger partial charge in [-0.15, -0.1) is 0 Å². The Hall–Kier alpha value is -3.41. The molecule has 6 heteroatoms. The molecular weight excluding hydrogens is 322 g/mol. The van der Waals surface area contributed by atoms with E-state index >= 15 is 0 Å². The molecule has 1 unspecified atom stereocenters. The van der Waals surface area contributed by atoms with E-state index in [9.17, 15) is 24.5 Å². The molecule has 2 aromatic rings. The fourth-order valence-corrected chi connectivity index (χ4v) is 2.80. The van der Waals surface area contributed by atoms with E-state index in [1.807, 2.05) is 0 Å². The number of nitro groups is 1. The SMILES string of the molecule is CC(C(=O)C1=C(c2ccccc2)C(=O)c2ccccc2C1=O)[N+](=O)[O-]. The van der Waals surface area contributed by atoms with Crippen molar-refractivity contribution >= 4 is 22.9 Å². The first-order valence-electron chi connectivity index (χ1n) is 7.59. The number of Topliss-reactive ketones (excluding diaryl/α,β-unsaturated/α-hetero) is 3. The van der Waals surface area contributed by atoms with Gasteiger partial charge in [-0.2, -0.15) is 0 Å². The quantitative estimate of drug-likeness (QED) is 0.486. The first-order valence-corrected chi connectivity index (χ1v) is 7.59. The lowest BCUT2D eigenvalue weighted by Gasteiger charge is -2.20. The largest absolute Gasteiger partial charge is 0.289 e. The number of hydrogen-bond acceptors (Lipinski definition) is 5. The van der Waals surface area contributed by atoms with Crippen LogP contribution in [0.5, 0.6) is 0 Å². The number of nitrogens with zero attached hydrogens (tertiary/aromatic N) is 1. The summed E-state index contributed by atoms with van der Waals surface area (Å²) in [6.45, 7) is 1.11. The summed E-state index contributed by atoms with van der Waals surface area (Å²) in [7, 11) is 0. The van der Waals surface area contributed by atoms with Crippen molar-refractivity contribution in [2.45, 2.75) is 13.0 Å². The first kappa shape index (κ1) is 16.4. The third-order valence-corrected chi connectivity index (χ3v) is 4.12. The van der Waals surface area contributed by atoms with Gasteiger partial charge >= 0.3 is 0 Å². The van der Waals surface area contributed by atoms with Gasteiger partial charge in [0.25, 0.3) is 6.04 Å². The Kier molecular flexibility index (Phi) is 4.10. The minimum absolute atomic E-state index is 0.0806. The number of carbonyl (C=O) groups excluding carboxylic acids is 3. The lowest BCUT2D eigenvalue weighted by atomic mass is 9.79. The summed E-state index contributed by atoms with van der Waals surface area (Å²) in [4.78, 5) is 48.7. The number of fused-ring (bicyclic) bond motifs is 1. The maximum absolute atomic E-state index is 12.9. The zero-order chi connectivity index (χ0) is 18.1. The van der Waals surface area contributed by atoms with E-state index in [1.54, 1.807) is 42.5 Å². The van der Waals surface area contributed by atoms with Crippen LogP contribution in [0, 0.1) is 10.1 Å². The summed E-state index contributed by atoms with van der Waals surface area (Å²) in [5.41, 5.74) is 0.166. The Morgan fingerprint density at radius 3 is 2.00 bits per heavy atom. The minimum Gasteiger partial charge on any atom is -0.289 e. The van der Waals surface area contributed by atoms with Gasteiger partial charge in [-0.3, -0.25) is 24.5 Å². The molecule has 1 aliphatic carbocycles. The van der Waals surface area contributed by atoms with E-state index in [2.05, 4.69) is 0 Å². The molecule has 0 amide bonds. The third kappa shape index (κ3) is 2.67. The number of benzene rings is 2. The highest BCUT2D eigenvalue weighted by Gasteiger charge is 2.40. The Labute approximate surface area is 142 Å². The second kappa shape index (κ2) is 6.24. The molecule has 1 aliphatic rings. The van der Waals surface area contributed by atoms with E-state index in [0.29, 0.717) is 5.56 Å². The Bertz CT molecular complexity index is 943. The van der Waals surface area contributed by atoms with Crippen LogP contribution in [0.25, 0.3) is 5.57 Å². The number of hydrogen-bond donors (Lipinski definition) is 0. The van der Waals surface area contributed by atoms with Crippen molar-refractivity contribution in [3.05, 3.63) is 87.0 Å². The van der Waals surface area contributed by atoms with Gasteiger partial charge in [0.2, 0.25) is 5.78 Å². The van der Waals surface area contributed by atoms with Gasteiger partial charge in [0, 0.05) is 28.5 Å². The highest BCUT2D eigenvalue weighted by molar-refractivity contribution is 6.47. The van der Waals surface area contributed by atoms with Gasteiger partial charge in [-0.1, -0.05) is 54.6 Å². The highest BCUT2D eigenvalue weighted by Crippen LogP contribution is 2.33. The predicted molar refractivity (Wildman–Crippen MR) is 89.9 cm³/mol. The third-order valence-electron chi connectivity index (χ3n) is 4.12. The van der Waals surface area contributed by atoms with E-state index in [4.69, 9.17) is 0 Å². The summed E-state index contributed by atoms with van der Waals surface area (Å²) < 4.78 is 0. The monoisotopic (exact) mass is 335 g/mol. The summed E-state index contributed by atoms with van der Waals surface area (Å²) in [6.07, 6.45) is 0. The molecule has 0 N–H and O–H groups in total. The van der Waals surface area contributed by atoms with Gasteiger partial charge in [0.1, 0.15) is 0 Å². The topological polar surface area (TPSA) is 94.3 Å². The van der Waals surface area contributed by atoms with Crippen molar-refractivity contribution in [2.75, 3.05) is 0 Å². The number of ketones is 3. The lowest BCUT2D eigenvalue weighted by molar-refractivity contribution is -0.502. The molecule has 3 rings (SSSR count). The van der Waals surface area contributed by atoms with Gasteiger partial charge < -0.3 is 0 Å². The molecule has 0 saturated heterocycles. The molecule has 0 heterocycles. The molecular formula is C19H13NO5. The average molecular weight is 335 g/mol. The van der Waals surface area contributed by atoms with E-state index in [-0.39, 0.29) is 16.7 Å². The maximum Gasteiger partial charge on any atom is 0.272 e. The Balaban J connectivity index is 2.30. The van der Waals surface area contributed by atoms with Gasteiger partial charge in [-0.05, 0) is 5.56 Å². The standard InChI is InChI=1S/C19H13NO5/c1-11(20(24)25)17(21)16-15(12-7-3-2-4-8-12)18(22)13-9-5-6-10-14(13)19(16)23/h2-11H,1H3. The van der Waals surface area contributed by atoms with Gasteiger partial charge in [0.05, 0.1) is 5.57 Å². The zero-order valence-corrected chi connectivity index (χ0v) is 13.3. The van der Waals surface area contributed by atoms with E-state index < -0.39 is 33.9 Å². The van der Waals surface area contributed by atoms with Gasteiger partial charge in [-0.25, -0.2) is 0 Å². The number of allylic oxidation sites excluding steroid dienone is 1. The van der Waals surface area contributed by atoms with Crippen LogP contribution in [-0.4, -0.2) is 28.3 Å². The second-order valence-electron chi connectivity index (χ2n) is 5.65. The number of rotatable bonds is 4. The molecule has 25 heavy (non-hydrogen) atoms. The Morgan fingerprint density at radius 2 is 1.44 bits per heavy atom. The van der Waals surface area contributed by atoms with Crippen LogP contribution in [0.2, 0.25) is 0 Å². The van der Waals surface area contributed by atoms with Crippen LogP contribution in [0.15, 0.2) is 60.2 Å². The van der Waals surface area contributed by atoms with Crippen LogP contribution >= 0.6 is 0 Å². The summed E-state index contributed by atoms with van der Waals surface area (Å²) >= 11 is 0. The molecule has 0 spiro atoms. The Morgan fingerprint density at radius 1 is 0.920 bits per heavy atom. The summed E-state index contributed by atoms with van der Waals surface area (Å²) in [5.74, 6) is -2.11. The van der Waals surface area contributed by atoms with Gasteiger partial charge in [0.15, 0.2) is 11.6 Å². The highest BCUT2D eigenvalue weighted by atomic mass is 16.6. The van der Waals surface area contributed by atoms with Crippen molar-refractivity contribution < 1.29 is 19.3 Å². The van der Waals surface area contributed by atoms with Crippen LogP contribution in [-0.2, 0) is 4.79 Å². The molecule has 124 valence electrons. The molecule has 0 aromatic heterocycles. The summed E-state index contributed by atoms with van der Waals surface area (Å²) in [5, 5.41) is 11.0. The molecule has 0 saturated carbocycles. The lowest BCUT2D eigenvalue weighted by Crippen LogP contribution is -2.34. The second-order valence-corrected chi connectivity index (χ2v) is 5.65. The molecule has 0 radical (unpaired) electrons. The minimum atomic E-state index is -1.62. The first-order chi connectivity index (χ1) is 11.9. The summed E-state index contributed by atoms with van der Waals surface area (Å²) in [6, 6.07) is 12.8. The molecule has 0 fully saturated rings. The molecule has 6 nitrogen and oxygen atoms in total. The van der Waals surface area contributed by atoms with Crippen molar-refractivity contribution in [3.8, 4) is 0 Å². The normalized spacial score (nSPS) is 14.9. The number of carbonyl (C=O) groups is 3. The van der Waals surface area contributed by atoms with Crippen molar-refractivity contribution in [3.63, 3.8) is 0 Å². The van der Waals surface area contributed by atoms with Crippen LogP contribution < -0.4 is 0 Å². The molecule has 2 aromatic carbocycles. The smallest absolute Gasteiger partial charge is 0.272 e.